The van der Waals surface area contributed by atoms with E-state index in [1.54, 1.807) is 6.07 Å². The van der Waals surface area contributed by atoms with Gasteiger partial charge in [0.25, 0.3) is 0 Å². The van der Waals surface area contributed by atoms with Crippen LogP contribution >= 0.6 is 0 Å². The van der Waals surface area contributed by atoms with Crippen molar-refractivity contribution in [3.8, 4) is 5.75 Å². The van der Waals surface area contributed by atoms with E-state index in [1.165, 1.54) is 6.07 Å². The van der Waals surface area contributed by atoms with E-state index >= 15 is 0 Å². The molecule has 0 heterocycles. The molecule has 0 aliphatic carbocycles. The Kier molecular flexibility index (Phi) is 4.13. The number of carbonyl (C=O) groups excluding carboxylic acids is 1. The van der Waals surface area contributed by atoms with Crippen LogP contribution in [-0.4, -0.2) is 12.4 Å². The summed E-state index contributed by atoms with van der Waals surface area (Å²) in [5, 5.41) is 0. The summed E-state index contributed by atoms with van der Waals surface area (Å²) in [5.74, 6) is -2.48. The van der Waals surface area contributed by atoms with Crippen molar-refractivity contribution in [3.63, 3.8) is 0 Å². The fraction of sp³-hybridized carbons (Fsp3) is 0.188. The number of ketones is 1. The molecular formula is C16H14F2O2. The van der Waals surface area contributed by atoms with Gasteiger partial charge in [-0.15, -0.1) is 0 Å². The molecule has 0 aliphatic rings. The SMILES string of the molecule is Cc1ccc(C(=O)COc2c(F)cccc2F)c(C)c1. The molecule has 2 nitrogen and oxygen atoms in total. The van der Waals surface area contributed by atoms with Crippen molar-refractivity contribution in [1.29, 1.82) is 0 Å². The number of rotatable bonds is 4. The van der Waals surface area contributed by atoms with E-state index in [0.29, 0.717) is 5.56 Å². The summed E-state index contributed by atoms with van der Waals surface area (Å²) in [5.41, 5.74) is 2.35. The highest BCUT2D eigenvalue weighted by molar-refractivity contribution is 5.98. The fourth-order valence-electron chi connectivity index (χ4n) is 1.96. The molecule has 0 bridgehead atoms. The van der Waals surface area contributed by atoms with E-state index in [2.05, 4.69) is 0 Å². The Hall–Kier alpha value is -2.23. The van der Waals surface area contributed by atoms with Gasteiger partial charge >= 0.3 is 0 Å². The van der Waals surface area contributed by atoms with Crippen LogP contribution in [0.5, 0.6) is 5.75 Å². The molecule has 4 heteroatoms. The first-order chi connectivity index (χ1) is 9.49. The summed E-state index contributed by atoms with van der Waals surface area (Å²) >= 11 is 0. The molecule has 0 N–H and O–H groups in total. The summed E-state index contributed by atoms with van der Waals surface area (Å²) in [6, 6.07) is 8.78. The number of Topliss-reactive ketones (excluding diaryl/α,β-unsaturated/α-hetero) is 1. The molecule has 0 saturated carbocycles. The van der Waals surface area contributed by atoms with E-state index in [-0.39, 0.29) is 5.78 Å². The average molecular weight is 276 g/mol. The first-order valence-electron chi connectivity index (χ1n) is 6.16. The van der Waals surface area contributed by atoms with Crippen LogP contribution in [0.2, 0.25) is 0 Å². The highest BCUT2D eigenvalue weighted by Crippen LogP contribution is 2.21. The predicted molar refractivity (Wildman–Crippen MR) is 72.1 cm³/mol. The van der Waals surface area contributed by atoms with E-state index < -0.39 is 24.0 Å². The maximum Gasteiger partial charge on any atom is 0.200 e. The topological polar surface area (TPSA) is 26.3 Å². The van der Waals surface area contributed by atoms with Crippen LogP contribution in [0.4, 0.5) is 8.78 Å². The molecule has 0 radical (unpaired) electrons. The molecule has 0 unspecified atom stereocenters. The highest BCUT2D eigenvalue weighted by atomic mass is 19.1. The van der Waals surface area contributed by atoms with Crippen LogP contribution in [0.1, 0.15) is 21.5 Å². The molecule has 0 fully saturated rings. The van der Waals surface area contributed by atoms with Gasteiger partial charge in [-0.3, -0.25) is 4.79 Å². The first kappa shape index (κ1) is 14.2. The second kappa shape index (κ2) is 5.82. The molecule has 2 aromatic rings. The van der Waals surface area contributed by atoms with Gasteiger partial charge in [-0.25, -0.2) is 8.78 Å². The van der Waals surface area contributed by atoms with Gasteiger partial charge in [0.2, 0.25) is 0 Å². The monoisotopic (exact) mass is 276 g/mol. The minimum Gasteiger partial charge on any atom is -0.479 e. The number of carbonyl (C=O) groups is 1. The molecule has 0 aliphatic heterocycles. The van der Waals surface area contributed by atoms with Gasteiger partial charge in [0.05, 0.1) is 0 Å². The first-order valence-corrected chi connectivity index (χ1v) is 6.16. The lowest BCUT2D eigenvalue weighted by atomic mass is 10.0. The molecule has 2 aromatic carbocycles. The second-order valence-electron chi connectivity index (χ2n) is 4.58. The number of hydrogen-bond donors (Lipinski definition) is 0. The Morgan fingerprint density at radius 3 is 2.35 bits per heavy atom. The van der Waals surface area contributed by atoms with Gasteiger partial charge in [-0.2, -0.15) is 0 Å². The maximum atomic E-state index is 13.4. The summed E-state index contributed by atoms with van der Waals surface area (Å²) < 4.78 is 31.7. The molecule has 0 saturated heterocycles. The largest absolute Gasteiger partial charge is 0.479 e. The Bertz CT molecular complexity index is 631. The standard InChI is InChI=1S/C16H14F2O2/c1-10-6-7-12(11(2)8-10)15(19)9-20-16-13(17)4-3-5-14(16)18/h3-8H,9H2,1-2H3. The van der Waals surface area contributed by atoms with E-state index in [0.717, 1.165) is 23.3 Å². The average Bonchev–Trinajstić information content (AvgIpc) is 2.37. The van der Waals surface area contributed by atoms with Crippen LogP contribution in [0, 0.1) is 25.5 Å². The summed E-state index contributed by atoms with van der Waals surface area (Å²) in [7, 11) is 0. The lowest BCUT2D eigenvalue weighted by Crippen LogP contribution is -2.14. The zero-order chi connectivity index (χ0) is 14.7. The van der Waals surface area contributed by atoms with Gasteiger partial charge in [0, 0.05) is 5.56 Å². The van der Waals surface area contributed by atoms with Crippen LogP contribution < -0.4 is 4.74 Å². The van der Waals surface area contributed by atoms with E-state index in [1.807, 2.05) is 26.0 Å². The molecule has 2 rings (SSSR count). The molecule has 0 amide bonds. The molecule has 104 valence electrons. The number of ether oxygens (including phenoxy) is 1. The Morgan fingerprint density at radius 1 is 1.10 bits per heavy atom. The van der Waals surface area contributed by atoms with Crippen LogP contribution in [-0.2, 0) is 0 Å². The van der Waals surface area contributed by atoms with Gasteiger partial charge in [-0.05, 0) is 31.5 Å². The van der Waals surface area contributed by atoms with Gasteiger partial charge in [-0.1, -0.05) is 29.8 Å². The van der Waals surface area contributed by atoms with Crippen LogP contribution in [0.15, 0.2) is 36.4 Å². The Morgan fingerprint density at radius 2 is 1.75 bits per heavy atom. The number of hydrogen-bond acceptors (Lipinski definition) is 2. The van der Waals surface area contributed by atoms with Crippen molar-refractivity contribution in [2.45, 2.75) is 13.8 Å². The number of benzene rings is 2. The molecule has 0 spiro atoms. The zero-order valence-corrected chi connectivity index (χ0v) is 11.2. The van der Waals surface area contributed by atoms with Crippen LogP contribution in [0.25, 0.3) is 0 Å². The third-order valence-corrected chi connectivity index (χ3v) is 2.95. The summed E-state index contributed by atoms with van der Waals surface area (Å²) in [6.45, 7) is 3.33. The normalized spacial score (nSPS) is 10.4. The van der Waals surface area contributed by atoms with Crippen molar-refractivity contribution >= 4 is 5.78 Å². The minimum absolute atomic E-state index is 0.315. The smallest absolute Gasteiger partial charge is 0.200 e. The van der Waals surface area contributed by atoms with Crippen molar-refractivity contribution < 1.29 is 18.3 Å². The Labute approximate surface area is 116 Å². The Balaban J connectivity index is 2.13. The number of aryl methyl sites for hydroxylation is 2. The van der Waals surface area contributed by atoms with Crippen molar-refractivity contribution in [2.75, 3.05) is 6.61 Å². The van der Waals surface area contributed by atoms with Crippen molar-refractivity contribution in [2.24, 2.45) is 0 Å². The molecule has 0 atom stereocenters. The molecule has 20 heavy (non-hydrogen) atoms. The highest BCUT2D eigenvalue weighted by Gasteiger charge is 2.14. The quantitative estimate of drug-likeness (QED) is 0.793. The second-order valence-corrected chi connectivity index (χ2v) is 4.58. The maximum absolute atomic E-state index is 13.4. The summed E-state index contributed by atoms with van der Waals surface area (Å²) in [6.07, 6.45) is 0. The van der Waals surface area contributed by atoms with E-state index in [9.17, 15) is 13.6 Å². The van der Waals surface area contributed by atoms with Crippen molar-refractivity contribution in [1.82, 2.24) is 0 Å². The number of para-hydroxylation sites is 1. The van der Waals surface area contributed by atoms with Gasteiger partial charge < -0.3 is 4.74 Å². The predicted octanol–water partition coefficient (Wildman–Crippen LogP) is 3.84. The zero-order valence-electron chi connectivity index (χ0n) is 11.2. The third-order valence-electron chi connectivity index (χ3n) is 2.95. The minimum atomic E-state index is -0.821. The van der Waals surface area contributed by atoms with Crippen molar-refractivity contribution in [3.05, 3.63) is 64.7 Å². The number of halogens is 2. The molecular weight excluding hydrogens is 262 g/mol. The lowest BCUT2D eigenvalue weighted by molar-refractivity contribution is 0.0915. The van der Waals surface area contributed by atoms with Gasteiger partial charge in [0.1, 0.15) is 0 Å². The summed E-state index contributed by atoms with van der Waals surface area (Å²) in [4.78, 5) is 12.0. The third kappa shape index (κ3) is 3.02. The van der Waals surface area contributed by atoms with E-state index in [4.69, 9.17) is 4.74 Å². The lowest BCUT2D eigenvalue weighted by Gasteiger charge is -2.09. The fourth-order valence-corrected chi connectivity index (χ4v) is 1.96. The van der Waals surface area contributed by atoms with Crippen LogP contribution in [0.3, 0.4) is 0 Å². The van der Waals surface area contributed by atoms with Gasteiger partial charge in [0.15, 0.2) is 29.8 Å². The molecule has 0 aromatic heterocycles.